The van der Waals surface area contributed by atoms with Crippen molar-refractivity contribution in [3.8, 4) is 0 Å². The Labute approximate surface area is 152 Å². The van der Waals surface area contributed by atoms with Gasteiger partial charge in [0.05, 0.1) is 0 Å². The summed E-state index contributed by atoms with van der Waals surface area (Å²) in [6.45, 7) is 10.6. The summed E-state index contributed by atoms with van der Waals surface area (Å²) in [5, 5.41) is 0. The maximum absolute atomic E-state index is 11.2. The highest BCUT2D eigenvalue weighted by atomic mass is 28.4. The minimum Gasteiger partial charge on any atom is -0.459 e. The molecule has 1 atom stereocenters. The van der Waals surface area contributed by atoms with Crippen LogP contribution < -0.4 is 0 Å². The van der Waals surface area contributed by atoms with Crippen LogP contribution in [0.5, 0.6) is 0 Å². The van der Waals surface area contributed by atoms with Crippen LogP contribution in [-0.2, 0) is 29.2 Å². The van der Waals surface area contributed by atoms with Gasteiger partial charge in [-0.3, -0.25) is 0 Å². The van der Waals surface area contributed by atoms with Gasteiger partial charge in [-0.25, -0.2) is 4.79 Å². The fourth-order valence-electron chi connectivity index (χ4n) is 2.41. The first-order valence-electron chi connectivity index (χ1n) is 8.84. The zero-order chi connectivity index (χ0) is 18.5. The maximum Gasteiger partial charge on any atom is 0.501 e. The highest BCUT2D eigenvalue weighted by molar-refractivity contribution is 6.60. The van der Waals surface area contributed by atoms with Gasteiger partial charge >= 0.3 is 14.8 Å². The number of aryl methyl sites for hydroxylation is 1. The van der Waals surface area contributed by atoms with E-state index in [1.807, 2.05) is 39.0 Å². The van der Waals surface area contributed by atoms with Gasteiger partial charge in [0.25, 0.3) is 0 Å². The number of esters is 1. The molecule has 0 saturated carbocycles. The van der Waals surface area contributed by atoms with Gasteiger partial charge in [0.2, 0.25) is 0 Å². The monoisotopic (exact) mass is 366 g/mol. The first-order chi connectivity index (χ1) is 12.0. The molecule has 1 unspecified atom stereocenters. The summed E-state index contributed by atoms with van der Waals surface area (Å²) in [7, 11) is -2.75. The minimum atomic E-state index is -2.75. The summed E-state index contributed by atoms with van der Waals surface area (Å²) in [6, 6.07) is 11.0. The molecule has 0 spiro atoms. The summed E-state index contributed by atoms with van der Waals surface area (Å²) < 4.78 is 23.1. The lowest BCUT2D eigenvalue weighted by Gasteiger charge is -2.29. The fourth-order valence-corrected chi connectivity index (χ4v) is 5.00. The topological polar surface area (TPSA) is 54.0 Å². The van der Waals surface area contributed by atoms with Crippen LogP contribution in [0.15, 0.2) is 43.0 Å². The lowest BCUT2D eigenvalue weighted by atomic mass is 10.2. The average Bonchev–Trinajstić information content (AvgIpc) is 2.61. The molecule has 0 aromatic heterocycles. The molecule has 1 aromatic rings. The molecule has 0 radical (unpaired) electrons. The van der Waals surface area contributed by atoms with Crippen LogP contribution in [0.3, 0.4) is 0 Å². The van der Waals surface area contributed by atoms with E-state index in [9.17, 15) is 4.79 Å². The molecule has 0 heterocycles. The van der Waals surface area contributed by atoms with E-state index in [0.29, 0.717) is 26.2 Å². The summed E-state index contributed by atoms with van der Waals surface area (Å²) in [4.78, 5) is 11.2. The van der Waals surface area contributed by atoms with Crippen LogP contribution in [0.25, 0.3) is 0 Å². The lowest BCUT2D eigenvalue weighted by Crippen LogP contribution is -2.46. The Kier molecular flexibility index (Phi) is 10.3. The van der Waals surface area contributed by atoms with Crippen molar-refractivity contribution in [1.82, 2.24) is 0 Å². The Hall–Kier alpha value is -1.47. The second-order valence-corrected chi connectivity index (χ2v) is 8.36. The van der Waals surface area contributed by atoms with Crippen molar-refractivity contribution in [3.63, 3.8) is 0 Å². The molecule has 0 amide bonds. The zero-order valence-electron chi connectivity index (χ0n) is 15.5. The SMILES string of the molecule is C=CC(=O)OC(C)CCO[Si](CCc1ccccc1)(OCC)OCC. The van der Waals surface area contributed by atoms with E-state index in [4.69, 9.17) is 18.0 Å². The lowest BCUT2D eigenvalue weighted by molar-refractivity contribution is -0.142. The molecular formula is C19H30O5Si. The first kappa shape index (κ1) is 21.6. The molecule has 0 aliphatic heterocycles. The standard InChI is InChI=1S/C19H30O5Si/c1-5-19(20)24-17(4)13-15-23-25(21-6-2,22-7-3)16-14-18-11-9-8-10-12-18/h5,8-12,17H,1,6-7,13-16H2,2-4H3. The number of hydrogen-bond acceptors (Lipinski definition) is 5. The van der Waals surface area contributed by atoms with Crippen LogP contribution in [0.4, 0.5) is 0 Å². The molecule has 0 saturated heterocycles. The highest BCUT2D eigenvalue weighted by Crippen LogP contribution is 2.20. The van der Waals surface area contributed by atoms with Crippen molar-refractivity contribution in [1.29, 1.82) is 0 Å². The molecule has 0 aliphatic carbocycles. The third kappa shape index (κ3) is 8.44. The number of ether oxygens (including phenoxy) is 1. The molecule has 6 heteroatoms. The number of benzene rings is 1. The molecule has 0 aliphatic rings. The van der Waals surface area contributed by atoms with Gasteiger partial charge in [0.1, 0.15) is 6.10 Å². The molecule has 5 nitrogen and oxygen atoms in total. The van der Waals surface area contributed by atoms with Crippen molar-refractivity contribution >= 4 is 14.8 Å². The zero-order valence-corrected chi connectivity index (χ0v) is 16.5. The second kappa shape index (κ2) is 12.0. The van der Waals surface area contributed by atoms with Crippen LogP contribution >= 0.6 is 0 Å². The van der Waals surface area contributed by atoms with E-state index in [1.165, 1.54) is 5.56 Å². The first-order valence-corrected chi connectivity index (χ1v) is 10.8. The molecule has 25 heavy (non-hydrogen) atoms. The van der Waals surface area contributed by atoms with E-state index in [2.05, 4.69) is 18.7 Å². The van der Waals surface area contributed by atoms with Crippen molar-refractivity contribution in [2.45, 2.75) is 45.8 Å². The Bertz CT molecular complexity index is 500. The summed E-state index contributed by atoms with van der Waals surface area (Å²) in [5.41, 5.74) is 1.23. The number of rotatable bonds is 13. The normalized spacial score (nSPS) is 12.6. The van der Waals surface area contributed by atoms with E-state index in [-0.39, 0.29) is 6.10 Å². The van der Waals surface area contributed by atoms with Gasteiger partial charge in [-0.15, -0.1) is 0 Å². The molecule has 1 aromatic carbocycles. The van der Waals surface area contributed by atoms with Gasteiger partial charge in [0, 0.05) is 38.4 Å². The number of carbonyl (C=O) groups excluding carboxylic acids is 1. The summed E-state index contributed by atoms with van der Waals surface area (Å²) >= 11 is 0. The quantitative estimate of drug-likeness (QED) is 0.302. The molecule has 1 rings (SSSR count). The van der Waals surface area contributed by atoms with Gasteiger partial charge < -0.3 is 18.0 Å². The molecular weight excluding hydrogens is 336 g/mol. The summed E-state index contributed by atoms with van der Waals surface area (Å²) in [5.74, 6) is -0.422. The van der Waals surface area contributed by atoms with E-state index in [1.54, 1.807) is 0 Å². The van der Waals surface area contributed by atoms with Crippen molar-refractivity contribution in [2.24, 2.45) is 0 Å². The van der Waals surface area contributed by atoms with E-state index >= 15 is 0 Å². The van der Waals surface area contributed by atoms with Crippen molar-refractivity contribution < 1.29 is 22.8 Å². The van der Waals surface area contributed by atoms with Gasteiger partial charge in [0.15, 0.2) is 0 Å². The Morgan fingerprint density at radius 2 is 1.80 bits per heavy atom. The largest absolute Gasteiger partial charge is 0.501 e. The molecule has 0 bridgehead atoms. The van der Waals surface area contributed by atoms with Gasteiger partial charge in [-0.2, -0.15) is 0 Å². The van der Waals surface area contributed by atoms with E-state index < -0.39 is 14.8 Å². The van der Waals surface area contributed by atoms with Crippen molar-refractivity contribution in [2.75, 3.05) is 19.8 Å². The number of hydrogen-bond donors (Lipinski definition) is 0. The van der Waals surface area contributed by atoms with Crippen LogP contribution in [-0.4, -0.2) is 40.7 Å². The minimum absolute atomic E-state index is 0.241. The predicted molar refractivity (Wildman–Crippen MR) is 100 cm³/mol. The number of carbonyl (C=O) groups is 1. The smallest absolute Gasteiger partial charge is 0.459 e. The predicted octanol–water partition coefficient (Wildman–Crippen LogP) is 3.77. The van der Waals surface area contributed by atoms with Gasteiger partial charge in [-0.1, -0.05) is 36.9 Å². The fraction of sp³-hybridized carbons (Fsp3) is 0.526. The van der Waals surface area contributed by atoms with Crippen molar-refractivity contribution in [3.05, 3.63) is 48.6 Å². The molecule has 0 N–H and O–H groups in total. The van der Waals surface area contributed by atoms with Crippen LogP contribution in [0, 0.1) is 0 Å². The highest BCUT2D eigenvalue weighted by Gasteiger charge is 2.40. The van der Waals surface area contributed by atoms with Crippen LogP contribution in [0.2, 0.25) is 6.04 Å². The average molecular weight is 367 g/mol. The van der Waals surface area contributed by atoms with Gasteiger partial charge in [-0.05, 0) is 32.8 Å². The molecule has 140 valence electrons. The molecule has 0 fully saturated rings. The summed E-state index contributed by atoms with van der Waals surface area (Å²) in [6.07, 6.45) is 2.35. The Morgan fingerprint density at radius 1 is 1.16 bits per heavy atom. The third-order valence-corrected chi connectivity index (χ3v) is 6.58. The van der Waals surface area contributed by atoms with E-state index in [0.717, 1.165) is 18.5 Å². The Balaban J connectivity index is 2.61. The van der Waals surface area contributed by atoms with Crippen LogP contribution in [0.1, 0.15) is 32.8 Å². The second-order valence-electron chi connectivity index (χ2n) is 5.62. The maximum atomic E-state index is 11.2. The third-order valence-electron chi connectivity index (χ3n) is 3.62. The Morgan fingerprint density at radius 3 is 2.36 bits per heavy atom.